The Morgan fingerprint density at radius 2 is 1.97 bits per heavy atom. The van der Waals surface area contributed by atoms with E-state index in [0.29, 0.717) is 24.1 Å². The van der Waals surface area contributed by atoms with Crippen LogP contribution in [0.1, 0.15) is 30.9 Å². The van der Waals surface area contributed by atoms with Crippen LogP contribution in [0.2, 0.25) is 0 Å². The highest BCUT2D eigenvalue weighted by atomic mass is 32.2. The maximum Gasteiger partial charge on any atom is 0.414 e. The smallest absolute Gasteiger partial charge is 0.414 e. The molecule has 0 saturated carbocycles. The number of fused-ring (bicyclic) bond motifs is 2. The van der Waals surface area contributed by atoms with Gasteiger partial charge in [-0.15, -0.1) is 0 Å². The Morgan fingerprint density at radius 3 is 2.65 bits per heavy atom. The van der Waals surface area contributed by atoms with E-state index in [1.54, 1.807) is 55.5 Å². The summed E-state index contributed by atoms with van der Waals surface area (Å²) in [4.78, 5) is 17.3. The highest BCUT2D eigenvalue weighted by Crippen LogP contribution is 2.55. The summed E-state index contributed by atoms with van der Waals surface area (Å²) in [6, 6.07) is 13.7. The third-order valence-electron chi connectivity index (χ3n) is 5.90. The average Bonchev–Trinajstić information content (AvgIpc) is 3.31. The Bertz CT molecular complexity index is 1160. The molecule has 0 bridgehead atoms. The first-order chi connectivity index (χ1) is 14.9. The van der Waals surface area contributed by atoms with E-state index >= 15 is 0 Å². The quantitative estimate of drug-likeness (QED) is 0.400. The minimum Gasteiger partial charge on any atom is -0.449 e. The lowest BCUT2D eigenvalue weighted by Gasteiger charge is -2.39. The van der Waals surface area contributed by atoms with Crippen molar-refractivity contribution < 1.29 is 17.9 Å². The van der Waals surface area contributed by atoms with Crippen molar-refractivity contribution in [3.05, 3.63) is 70.1 Å². The molecule has 0 aromatic heterocycles. The molecular formula is C21H23N5O4S. The Kier molecular flexibility index (Phi) is 5.38. The predicted octanol–water partition coefficient (Wildman–Crippen LogP) is 4.29. The molecule has 2 heterocycles. The first-order valence-corrected chi connectivity index (χ1v) is 11.5. The minimum atomic E-state index is -3.93. The van der Waals surface area contributed by atoms with Gasteiger partial charge in [-0.25, -0.2) is 13.2 Å². The third kappa shape index (κ3) is 3.15. The summed E-state index contributed by atoms with van der Waals surface area (Å²) in [7, 11) is -3.93. The van der Waals surface area contributed by atoms with E-state index in [9.17, 15) is 18.7 Å². The lowest BCUT2D eigenvalue weighted by Crippen LogP contribution is -2.54. The topological polar surface area (TPSA) is 116 Å². The van der Waals surface area contributed by atoms with E-state index in [-0.39, 0.29) is 18.0 Å². The van der Waals surface area contributed by atoms with Crippen molar-refractivity contribution in [2.24, 2.45) is 5.11 Å². The molecule has 0 N–H and O–H groups in total. The second kappa shape index (κ2) is 7.88. The van der Waals surface area contributed by atoms with E-state index in [1.807, 2.05) is 6.92 Å². The summed E-state index contributed by atoms with van der Waals surface area (Å²) in [6.45, 7) is 3.95. The molecule has 2 aromatic rings. The largest absolute Gasteiger partial charge is 0.449 e. The maximum absolute atomic E-state index is 13.7. The number of nitrogens with zero attached hydrogens (tertiary/aromatic N) is 5. The third-order valence-corrected chi connectivity index (χ3v) is 7.86. The fourth-order valence-electron chi connectivity index (χ4n) is 4.64. The van der Waals surface area contributed by atoms with Crippen LogP contribution in [0.4, 0.5) is 10.5 Å². The lowest BCUT2D eigenvalue weighted by molar-refractivity contribution is 0.147. The zero-order chi connectivity index (χ0) is 22.2. The first-order valence-electron chi connectivity index (χ1n) is 10.1. The number of ether oxygens (including phenoxy) is 1. The van der Waals surface area contributed by atoms with Crippen molar-refractivity contribution in [2.45, 2.75) is 43.3 Å². The second-order valence-electron chi connectivity index (χ2n) is 7.58. The summed E-state index contributed by atoms with van der Waals surface area (Å²) in [5.41, 5.74) is 10.2. The van der Waals surface area contributed by atoms with Gasteiger partial charge in [0.05, 0.1) is 22.7 Å². The van der Waals surface area contributed by atoms with Gasteiger partial charge in [-0.1, -0.05) is 41.0 Å². The number of azide groups is 1. The number of sulfonamides is 1. The SMILES string of the molecule is CCOC(=O)N1c2ccccc2[C@]2(CCCN2S(=O)(=O)c2ccc(C)cc2)[C@H]1N=[N+]=[N-]. The molecule has 2 atom stereocenters. The van der Waals surface area contributed by atoms with Crippen molar-refractivity contribution in [1.82, 2.24) is 4.31 Å². The van der Waals surface area contributed by atoms with Gasteiger partial charge in [0.1, 0.15) is 6.17 Å². The standard InChI is InChI=1S/C21H23N5O4S/c1-3-30-20(27)26-18-8-5-4-7-17(18)21(19(26)23-24-22)13-6-14-25(21)31(28,29)16-11-9-15(2)10-12-16/h4-5,7-12,19H,3,6,13-14H2,1-2H3/t19-,21+/m0/s1. The Labute approximate surface area is 180 Å². The fraction of sp³-hybridized carbons (Fsp3) is 0.381. The number of aryl methyl sites for hydroxylation is 1. The van der Waals surface area contributed by atoms with Crippen molar-refractivity contribution in [2.75, 3.05) is 18.1 Å². The Morgan fingerprint density at radius 1 is 1.26 bits per heavy atom. The van der Waals surface area contributed by atoms with Crippen LogP contribution in [0.3, 0.4) is 0 Å². The van der Waals surface area contributed by atoms with Crippen molar-refractivity contribution >= 4 is 21.8 Å². The summed E-state index contributed by atoms with van der Waals surface area (Å²) < 4.78 is 34.1. The van der Waals surface area contributed by atoms with Crippen LogP contribution in [0.15, 0.2) is 58.5 Å². The lowest BCUT2D eigenvalue weighted by atomic mass is 9.88. The Hall–Kier alpha value is -3.07. The molecule has 4 rings (SSSR count). The summed E-state index contributed by atoms with van der Waals surface area (Å²) in [5.74, 6) is 0. The molecule has 2 aliphatic rings. The molecular weight excluding hydrogens is 418 g/mol. The number of carbonyl (C=O) groups is 1. The van der Waals surface area contributed by atoms with E-state index in [0.717, 1.165) is 5.56 Å². The van der Waals surface area contributed by atoms with Crippen molar-refractivity contribution in [3.8, 4) is 0 Å². The maximum atomic E-state index is 13.7. The number of amides is 1. The predicted molar refractivity (Wildman–Crippen MR) is 115 cm³/mol. The van der Waals surface area contributed by atoms with Gasteiger partial charge in [0.2, 0.25) is 10.0 Å². The molecule has 2 aliphatic heterocycles. The van der Waals surface area contributed by atoms with E-state index in [2.05, 4.69) is 10.0 Å². The van der Waals surface area contributed by atoms with Gasteiger partial charge in [-0.3, -0.25) is 4.90 Å². The second-order valence-corrected chi connectivity index (χ2v) is 9.44. The number of rotatable bonds is 4. The monoisotopic (exact) mass is 441 g/mol. The van der Waals surface area contributed by atoms with E-state index < -0.39 is 27.8 Å². The molecule has 1 saturated heterocycles. The van der Waals surface area contributed by atoms with Crippen LogP contribution in [-0.2, 0) is 20.3 Å². The Balaban J connectivity index is 1.93. The normalized spacial score (nSPS) is 22.9. The number of para-hydroxylation sites is 1. The summed E-state index contributed by atoms with van der Waals surface area (Å²) in [5, 5.41) is 3.93. The highest BCUT2D eigenvalue weighted by molar-refractivity contribution is 7.89. The molecule has 0 radical (unpaired) electrons. The van der Waals surface area contributed by atoms with Gasteiger partial charge in [0.15, 0.2) is 0 Å². The zero-order valence-electron chi connectivity index (χ0n) is 17.3. The van der Waals surface area contributed by atoms with Gasteiger partial charge in [-0.05, 0) is 56.0 Å². The summed E-state index contributed by atoms with van der Waals surface area (Å²) in [6.07, 6.45) is -0.803. The van der Waals surface area contributed by atoms with Crippen LogP contribution in [0.5, 0.6) is 0 Å². The number of hydrogen-bond acceptors (Lipinski definition) is 5. The first kappa shape index (κ1) is 21.2. The molecule has 2 aromatic carbocycles. The molecule has 0 unspecified atom stereocenters. The fourth-order valence-corrected chi connectivity index (χ4v) is 6.45. The highest BCUT2D eigenvalue weighted by Gasteiger charge is 2.61. The molecule has 162 valence electrons. The van der Waals surface area contributed by atoms with Crippen molar-refractivity contribution in [3.63, 3.8) is 0 Å². The van der Waals surface area contributed by atoms with Gasteiger partial charge in [-0.2, -0.15) is 4.31 Å². The van der Waals surface area contributed by atoms with Gasteiger partial charge in [0.25, 0.3) is 0 Å². The average molecular weight is 442 g/mol. The van der Waals surface area contributed by atoms with Gasteiger partial charge in [0, 0.05) is 11.5 Å². The van der Waals surface area contributed by atoms with Crippen LogP contribution in [-0.4, -0.2) is 38.1 Å². The number of benzene rings is 2. The van der Waals surface area contributed by atoms with Crippen LogP contribution in [0.25, 0.3) is 10.4 Å². The minimum absolute atomic E-state index is 0.138. The molecule has 1 fully saturated rings. The molecule has 9 nitrogen and oxygen atoms in total. The zero-order valence-corrected chi connectivity index (χ0v) is 18.1. The molecule has 0 aliphatic carbocycles. The molecule has 31 heavy (non-hydrogen) atoms. The van der Waals surface area contributed by atoms with Crippen LogP contribution in [0, 0.1) is 6.92 Å². The molecule has 1 spiro atoms. The van der Waals surface area contributed by atoms with E-state index in [4.69, 9.17) is 4.74 Å². The summed E-state index contributed by atoms with van der Waals surface area (Å²) >= 11 is 0. The van der Waals surface area contributed by atoms with E-state index in [1.165, 1.54) is 9.21 Å². The molecule has 1 amide bonds. The number of anilines is 1. The van der Waals surface area contributed by atoms with Crippen LogP contribution < -0.4 is 4.90 Å². The number of hydrogen-bond donors (Lipinski definition) is 0. The van der Waals surface area contributed by atoms with Gasteiger partial charge < -0.3 is 4.74 Å². The molecule has 10 heteroatoms. The van der Waals surface area contributed by atoms with Crippen LogP contribution >= 0.6 is 0 Å². The van der Waals surface area contributed by atoms with Crippen molar-refractivity contribution in [1.29, 1.82) is 0 Å². The van der Waals surface area contributed by atoms with Gasteiger partial charge >= 0.3 is 6.09 Å². The number of carbonyl (C=O) groups excluding carboxylic acids is 1.